The highest BCUT2D eigenvalue weighted by Crippen LogP contribution is 2.38. The van der Waals surface area contributed by atoms with Crippen molar-refractivity contribution in [1.82, 2.24) is 4.90 Å². The lowest BCUT2D eigenvalue weighted by molar-refractivity contribution is -0.143. The van der Waals surface area contributed by atoms with Gasteiger partial charge in [-0.2, -0.15) is 0 Å². The Morgan fingerprint density at radius 1 is 1.35 bits per heavy atom. The first-order chi connectivity index (χ1) is 12.6. The Morgan fingerprint density at radius 3 is 2.81 bits per heavy atom. The minimum Gasteiger partial charge on any atom is -0.481 e. The molecule has 1 saturated heterocycles. The fraction of sp³-hybridized carbons (Fsp3) is 0.450. The van der Waals surface area contributed by atoms with Crippen molar-refractivity contribution < 1.29 is 9.90 Å². The molecule has 0 saturated carbocycles. The van der Waals surface area contributed by atoms with Crippen LogP contribution in [0.15, 0.2) is 29.0 Å². The number of nitrogens with zero attached hydrogens (tertiary/aromatic N) is 1. The van der Waals surface area contributed by atoms with Gasteiger partial charge in [0.1, 0.15) is 0 Å². The van der Waals surface area contributed by atoms with Crippen molar-refractivity contribution >= 4 is 45.8 Å². The second-order valence-corrected chi connectivity index (χ2v) is 8.85. The van der Waals surface area contributed by atoms with Crippen LogP contribution in [0, 0.1) is 5.92 Å². The summed E-state index contributed by atoms with van der Waals surface area (Å²) in [6.45, 7) is 4.73. The summed E-state index contributed by atoms with van der Waals surface area (Å²) in [7, 11) is 0. The first kappa shape index (κ1) is 19.6. The van der Waals surface area contributed by atoms with Crippen molar-refractivity contribution in [1.29, 1.82) is 0 Å². The van der Waals surface area contributed by atoms with Gasteiger partial charge in [0.15, 0.2) is 0 Å². The molecule has 2 aromatic heterocycles. The summed E-state index contributed by atoms with van der Waals surface area (Å²) >= 11 is 9.88. The van der Waals surface area contributed by atoms with Gasteiger partial charge in [0.25, 0.3) is 0 Å². The monoisotopic (exact) mass is 409 g/mol. The largest absolute Gasteiger partial charge is 0.481 e. The number of hydrogen-bond acceptors (Lipinski definition) is 4. The van der Waals surface area contributed by atoms with Crippen LogP contribution in [0.4, 0.5) is 0 Å². The molecule has 3 nitrogen and oxygen atoms in total. The third kappa shape index (κ3) is 4.58. The Labute approximate surface area is 167 Å². The van der Waals surface area contributed by atoms with E-state index in [9.17, 15) is 9.90 Å². The third-order valence-corrected chi connectivity index (χ3v) is 7.25. The van der Waals surface area contributed by atoms with Crippen molar-refractivity contribution in [2.75, 3.05) is 19.6 Å². The quantitative estimate of drug-likeness (QED) is 0.642. The Hall–Kier alpha value is -1.14. The fourth-order valence-corrected chi connectivity index (χ4v) is 5.79. The molecule has 3 heterocycles. The predicted molar refractivity (Wildman–Crippen MR) is 112 cm³/mol. The van der Waals surface area contributed by atoms with Crippen LogP contribution in [0.2, 0.25) is 5.02 Å². The zero-order chi connectivity index (χ0) is 18.5. The third-order valence-electron chi connectivity index (χ3n) is 4.88. The number of carboxylic acids is 1. The van der Waals surface area contributed by atoms with Gasteiger partial charge in [0.2, 0.25) is 0 Å². The molecule has 1 atom stereocenters. The van der Waals surface area contributed by atoms with Crippen LogP contribution >= 0.6 is 34.3 Å². The van der Waals surface area contributed by atoms with Crippen molar-refractivity contribution in [3.8, 4) is 0 Å². The van der Waals surface area contributed by atoms with E-state index in [1.807, 2.05) is 11.4 Å². The van der Waals surface area contributed by atoms with Crippen molar-refractivity contribution in [3.63, 3.8) is 0 Å². The molecule has 1 N–H and O–H groups in total. The second kappa shape index (κ2) is 9.18. The van der Waals surface area contributed by atoms with Gasteiger partial charge in [0.05, 0.1) is 15.8 Å². The van der Waals surface area contributed by atoms with Crippen LogP contribution in [0.5, 0.6) is 0 Å². The number of halogens is 1. The molecule has 0 radical (unpaired) electrons. The smallest absolute Gasteiger partial charge is 0.307 e. The first-order valence-electron chi connectivity index (χ1n) is 9.05. The van der Waals surface area contributed by atoms with E-state index >= 15 is 0 Å². The van der Waals surface area contributed by atoms with Crippen LogP contribution in [0.1, 0.15) is 41.5 Å². The maximum Gasteiger partial charge on any atom is 0.307 e. The lowest BCUT2D eigenvalue weighted by Crippen LogP contribution is -2.39. The molecule has 1 aliphatic rings. The maximum atomic E-state index is 11.3. The fourth-order valence-electron chi connectivity index (χ4n) is 3.48. The van der Waals surface area contributed by atoms with E-state index in [1.54, 1.807) is 22.7 Å². The van der Waals surface area contributed by atoms with E-state index in [-0.39, 0.29) is 5.92 Å². The van der Waals surface area contributed by atoms with Gasteiger partial charge in [-0.3, -0.25) is 4.79 Å². The molecule has 0 aliphatic carbocycles. The van der Waals surface area contributed by atoms with Gasteiger partial charge in [-0.05, 0) is 60.7 Å². The Bertz CT molecular complexity index is 780. The molecule has 1 fully saturated rings. The summed E-state index contributed by atoms with van der Waals surface area (Å²) in [5.74, 6) is -0.884. The lowest BCUT2D eigenvalue weighted by Gasteiger charge is -2.30. The molecule has 140 valence electrons. The van der Waals surface area contributed by atoms with E-state index in [0.717, 1.165) is 48.7 Å². The Kier molecular flexibility index (Phi) is 6.92. The van der Waals surface area contributed by atoms with E-state index in [0.29, 0.717) is 6.54 Å². The van der Waals surface area contributed by atoms with E-state index in [4.69, 9.17) is 11.6 Å². The highest BCUT2D eigenvalue weighted by molar-refractivity contribution is 7.14. The molecule has 0 aromatic carbocycles. The average molecular weight is 410 g/mol. The summed E-state index contributed by atoms with van der Waals surface area (Å²) in [5, 5.41) is 14.2. The van der Waals surface area contributed by atoms with Gasteiger partial charge < -0.3 is 10.0 Å². The van der Waals surface area contributed by atoms with Gasteiger partial charge in [-0.15, -0.1) is 22.7 Å². The number of piperidine rings is 1. The first-order valence-corrected chi connectivity index (χ1v) is 11.2. The van der Waals surface area contributed by atoms with Gasteiger partial charge >= 0.3 is 5.97 Å². The molecule has 0 amide bonds. The van der Waals surface area contributed by atoms with E-state index in [1.165, 1.54) is 16.0 Å². The minimum atomic E-state index is -0.664. The number of carboxylic acid groups (broad SMARTS) is 1. The summed E-state index contributed by atoms with van der Waals surface area (Å²) in [6, 6.07) is 4.15. The predicted octanol–water partition coefficient (Wildman–Crippen LogP) is 5.64. The van der Waals surface area contributed by atoms with E-state index in [2.05, 4.69) is 29.3 Å². The molecule has 0 bridgehead atoms. The Balaban J connectivity index is 1.75. The molecule has 1 aliphatic heterocycles. The molecule has 3 rings (SSSR count). The maximum absolute atomic E-state index is 11.3. The number of rotatable bonds is 7. The number of carbonyl (C=O) groups is 1. The van der Waals surface area contributed by atoms with Gasteiger partial charge in [0, 0.05) is 23.5 Å². The summed E-state index contributed by atoms with van der Waals surface area (Å²) in [6.07, 6.45) is 5.96. The zero-order valence-corrected chi connectivity index (χ0v) is 17.3. The van der Waals surface area contributed by atoms with E-state index < -0.39 is 5.97 Å². The zero-order valence-electron chi connectivity index (χ0n) is 14.9. The van der Waals surface area contributed by atoms with Crippen molar-refractivity contribution in [2.24, 2.45) is 5.92 Å². The minimum absolute atomic E-state index is 0.220. The SMILES string of the molecule is CCc1ccsc1/C(=C\CCN1CCCC(C(=O)O)C1)c1sccc1Cl. The second-order valence-electron chi connectivity index (χ2n) is 6.61. The summed E-state index contributed by atoms with van der Waals surface area (Å²) in [4.78, 5) is 16.0. The topological polar surface area (TPSA) is 40.5 Å². The van der Waals surface area contributed by atoms with Crippen LogP contribution in [0.3, 0.4) is 0 Å². The summed E-state index contributed by atoms with van der Waals surface area (Å²) in [5.41, 5.74) is 2.58. The number of aryl methyl sites for hydroxylation is 1. The Morgan fingerprint density at radius 2 is 2.12 bits per heavy atom. The van der Waals surface area contributed by atoms with Crippen LogP contribution in [-0.2, 0) is 11.2 Å². The number of likely N-dealkylation sites (tertiary alicyclic amines) is 1. The normalized spacial score (nSPS) is 19.0. The molecule has 1 unspecified atom stereocenters. The average Bonchev–Trinajstić information content (AvgIpc) is 3.28. The molecular weight excluding hydrogens is 386 g/mol. The van der Waals surface area contributed by atoms with Crippen LogP contribution < -0.4 is 0 Å². The number of hydrogen-bond donors (Lipinski definition) is 1. The highest BCUT2D eigenvalue weighted by Gasteiger charge is 2.24. The van der Waals surface area contributed by atoms with Crippen LogP contribution in [-0.4, -0.2) is 35.6 Å². The van der Waals surface area contributed by atoms with Crippen molar-refractivity contribution in [2.45, 2.75) is 32.6 Å². The lowest BCUT2D eigenvalue weighted by atomic mass is 9.98. The highest BCUT2D eigenvalue weighted by atomic mass is 35.5. The number of aliphatic carboxylic acids is 1. The molecule has 26 heavy (non-hydrogen) atoms. The molecule has 6 heteroatoms. The molecular formula is C20H24ClNO2S2. The van der Waals surface area contributed by atoms with Gasteiger partial charge in [-0.25, -0.2) is 0 Å². The van der Waals surface area contributed by atoms with Gasteiger partial charge in [-0.1, -0.05) is 24.6 Å². The molecule has 0 spiro atoms. The number of thiophene rings is 2. The molecule has 2 aromatic rings. The standard InChI is InChI=1S/C20H24ClNO2S2/c1-2-14-7-11-25-18(14)16(19-17(21)8-12-26-19)6-4-10-22-9-3-5-15(13-22)20(23)24/h6-8,11-12,15H,2-5,9-10,13H2,1H3,(H,23,24)/b16-6+. The summed E-state index contributed by atoms with van der Waals surface area (Å²) < 4.78 is 0. The van der Waals surface area contributed by atoms with Crippen molar-refractivity contribution in [3.05, 3.63) is 49.3 Å². The van der Waals surface area contributed by atoms with Crippen LogP contribution in [0.25, 0.3) is 5.57 Å².